The van der Waals surface area contributed by atoms with Gasteiger partial charge in [0.15, 0.2) is 5.69 Å². The number of hydrogen-bond acceptors (Lipinski definition) is 6. The molecule has 0 radical (unpaired) electrons. The Morgan fingerprint density at radius 1 is 1.06 bits per heavy atom. The zero-order valence-corrected chi connectivity index (χ0v) is 18.5. The van der Waals surface area contributed by atoms with Crippen molar-refractivity contribution in [3.8, 4) is 11.1 Å². The lowest BCUT2D eigenvalue weighted by Gasteiger charge is -2.17. The second kappa shape index (κ2) is 9.33. The number of carboxylic acid groups (broad SMARTS) is 1. The number of nitrogens with zero attached hydrogens (tertiary/aromatic N) is 2. The van der Waals surface area contributed by atoms with Crippen LogP contribution >= 0.6 is 0 Å². The van der Waals surface area contributed by atoms with E-state index in [-0.39, 0.29) is 30.1 Å². The fourth-order valence-electron chi connectivity index (χ4n) is 3.53. The van der Waals surface area contributed by atoms with Crippen LogP contribution in [0.1, 0.15) is 51.8 Å². The second-order valence-corrected chi connectivity index (χ2v) is 7.84. The van der Waals surface area contributed by atoms with E-state index in [1.54, 1.807) is 42.7 Å². The molecular weight excluding hydrogens is 412 g/mol. The summed E-state index contributed by atoms with van der Waals surface area (Å²) in [7, 11) is 2.80. The van der Waals surface area contributed by atoms with Crippen molar-refractivity contribution in [1.82, 2.24) is 9.55 Å². The molecule has 0 saturated heterocycles. The van der Waals surface area contributed by atoms with Gasteiger partial charge in [0, 0.05) is 13.7 Å². The van der Waals surface area contributed by atoms with Gasteiger partial charge < -0.3 is 24.3 Å². The molecule has 2 N–H and O–H groups in total. The molecule has 8 heteroatoms. The molecule has 0 bridgehead atoms. The van der Waals surface area contributed by atoms with Gasteiger partial charge in [0.05, 0.1) is 12.7 Å². The minimum absolute atomic E-state index is 0.143. The van der Waals surface area contributed by atoms with Gasteiger partial charge in [0.2, 0.25) is 0 Å². The van der Waals surface area contributed by atoms with Gasteiger partial charge in [-0.05, 0) is 36.6 Å². The zero-order valence-electron chi connectivity index (χ0n) is 18.5. The molecule has 3 rings (SSSR count). The smallest absolute Gasteiger partial charge is 0.356 e. The molecule has 2 aromatic carbocycles. The van der Waals surface area contributed by atoms with Crippen LogP contribution in [0.25, 0.3) is 11.1 Å². The van der Waals surface area contributed by atoms with Crippen molar-refractivity contribution in [2.45, 2.75) is 32.6 Å². The average Bonchev–Trinajstić information content (AvgIpc) is 3.12. The van der Waals surface area contributed by atoms with Gasteiger partial charge in [-0.1, -0.05) is 42.5 Å². The van der Waals surface area contributed by atoms with Crippen LogP contribution in [0, 0.1) is 0 Å². The number of carbonyl (C=O) groups excluding carboxylic acids is 1. The molecular formula is C24H26N2O6. The lowest BCUT2D eigenvalue weighted by Crippen LogP contribution is -2.23. The number of esters is 1. The van der Waals surface area contributed by atoms with Crippen LogP contribution in [-0.4, -0.2) is 45.9 Å². The summed E-state index contributed by atoms with van der Waals surface area (Å²) in [6.45, 7) is 3.53. The number of aliphatic hydroxyl groups is 1. The molecule has 0 aliphatic heterocycles. The molecule has 0 atom stereocenters. The summed E-state index contributed by atoms with van der Waals surface area (Å²) >= 11 is 0. The molecule has 1 aromatic heterocycles. The van der Waals surface area contributed by atoms with E-state index in [4.69, 9.17) is 9.47 Å². The van der Waals surface area contributed by atoms with E-state index in [9.17, 15) is 19.8 Å². The van der Waals surface area contributed by atoms with Gasteiger partial charge in [-0.3, -0.25) is 0 Å². The predicted octanol–water partition coefficient (Wildman–Crippen LogP) is 3.46. The van der Waals surface area contributed by atoms with Crippen LogP contribution in [0.15, 0.2) is 48.5 Å². The molecule has 0 aliphatic rings. The molecule has 8 nitrogen and oxygen atoms in total. The van der Waals surface area contributed by atoms with E-state index >= 15 is 0 Å². The Kier molecular flexibility index (Phi) is 6.76. The Morgan fingerprint density at radius 2 is 1.72 bits per heavy atom. The first-order valence-corrected chi connectivity index (χ1v) is 9.98. The van der Waals surface area contributed by atoms with Crippen molar-refractivity contribution < 1.29 is 29.3 Å². The first kappa shape index (κ1) is 23.2. The largest absolute Gasteiger partial charge is 0.478 e. The van der Waals surface area contributed by atoms with E-state index in [2.05, 4.69) is 4.98 Å². The molecule has 1 heterocycles. The lowest BCUT2D eigenvalue weighted by atomic mass is 9.98. The third-order valence-corrected chi connectivity index (χ3v) is 5.04. The summed E-state index contributed by atoms with van der Waals surface area (Å²) in [5.74, 6) is -1.12. The third kappa shape index (κ3) is 4.71. The number of imidazole rings is 1. The Labute approximate surface area is 186 Å². The fourth-order valence-corrected chi connectivity index (χ4v) is 3.53. The number of aromatic carboxylic acids is 1. The number of hydrogen-bond donors (Lipinski definition) is 2. The topological polar surface area (TPSA) is 111 Å². The average molecular weight is 438 g/mol. The molecule has 0 unspecified atom stereocenters. The summed E-state index contributed by atoms with van der Waals surface area (Å²) in [5.41, 5.74) is 1.47. The predicted molar refractivity (Wildman–Crippen MR) is 117 cm³/mol. The van der Waals surface area contributed by atoms with Crippen LogP contribution in [0.4, 0.5) is 0 Å². The van der Waals surface area contributed by atoms with Crippen LogP contribution < -0.4 is 0 Å². The number of methoxy groups -OCH3 is 2. The molecule has 0 amide bonds. The first-order valence-electron chi connectivity index (χ1n) is 9.98. The molecule has 3 aromatic rings. The highest BCUT2D eigenvalue weighted by Crippen LogP contribution is 2.28. The van der Waals surface area contributed by atoms with Gasteiger partial charge in [0.25, 0.3) is 0 Å². The number of carboxylic acids is 1. The standard InChI is InChI=1S/C24H26N2O6/c1-24(2,30)21-20(23(29)32-4)26(19(25-21)14-31-3)13-15-9-11-16(12-10-15)17-7-5-6-8-18(17)22(27)28/h5-12,30H,13-14H2,1-4H3,(H,27,28). The van der Waals surface area contributed by atoms with Gasteiger partial charge >= 0.3 is 11.9 Å². The zero-order chi connectivity index (χ0) is 23.5. The fraction of sp³-hybridized carbons (Fsp3) is 0.292. The summed E-state index contributed by atoms with van der Waals surface area (Å²) in [6, 6.07) is 14.2. The molecule has 0 fully saturated rings. The maximum Gasteiger partial charge on any atom is 0.356 e. The number of ether oxygens (including phenoxy) is 2. The Balaban J connectivity index is 2.03. The van der Waals surface area contributed by atoms with E-state index in [1.165, 1.54) is 14.2 Å². The van der Waals surface area contributed by atoms with Crippen LogP contribution in [0.3, 0.4) is 0 Å². The highest BCUT2D eigenvalue weighted by atomic mass is 16.5. The lowest BCUT2D eigenvalue weighted by molar-refractivity contribution is 0.0532. The first-order chi connectivity index (χ1) is 15.2. The third-order valence-electron chi connectivity index (χ3n) is 5.04. The van der Waals surface area contributed by atoms with Crippen LogP contribution in [0.2, 0.25) is 0 Å². The summed E-state index contributed by atoms with van der Waals surface area (Å²) in [6.07, 6.45) is 0. The molecule has 168 valence electrons. The van der Waals surface area contributed by atoms with E-state index in [1.807, 2.05) is 24.3 Å². The highest BCUT2D eigenvalue weighted by molar-refractivity contribution is 5.96. The summed E-state index contributed by atoms with van der Waals surface area (Å²) in [5, 5.41) is 20.0. The number of rotatable bonds is 8. The minimum atomic E-state index is -1.36. The number of benzene rings is 2. The minimum Gasteiger partial charge on any atom is -0.478 e. The van der Waals surface area contributed by atoms with E-state index in [0.717, 1.165) is 11.1 Å². The number of aromatic nitrogens is 2. The molecule has 0 saturated carbocycles. The van der Waals surface area contributed by atoms with Crippen molar-refractivity contribution in [3.63, 3.8) is 0 Å². The van der Waals surface area contributed by atoms with E-state index < -0.39 is 17.5 Å². The van der Waals surface area contributed by atoms with Gasteiger partial charge in [-0.25, -0.2) is 14.6 Å². The van der Waals surface area contributed by atoms with Crippen molar-refractivity contribution in [2.75, 3.05) is 14.2 Å². The van der Waals surface area contributed by atoms with Crippen molar-refractivity contribution in [2.24, 2.45) is 0 Å². The second-order valence-electron chi connectivity index (χ2n) is 7.84. The van der Waals surface area contributed by atoms with Crippen molar-refractivity contribution in [3.05, 3.63) is 76.9 Å². The van der Waals surface area contributed by atoms with E-state index in [0.29, 0.717) is 11.4 Å². The number of carbonyl (C=O) groups is 2. The maximum atomic E-state index is 12.6. The van der Waals surface area contributed by atoms with Crippen molar-refractivity contribution >= 4 is 11.9 Å². The quantitative estimate of drug-likeness (QED) is 0.518. The highest BCUT2D eigenvalue weighted by Gasteiger charge is 2.32. The van der Waals surface area contributed by atoms with Crippen molar-refractivity contribution in [1.29, 1.82) is 0 Å². The Morgan fingerprint density at radius 3 is 2.28 bits per heavy atom. The molecule has 32 heavy (non-hydrogen) atoms. The van der Waals surface area contributed by atoms with Gasteiger partial charge in [-0.15, -0.1) is 0 Å². The summed E-state index contributed by atoms with van der Waals surface area (Å²) in [4.78, 5) is 28.5. The monoisotopic (exact) mass is 438 g/mol. The normalized spacial score (nSPS) is 11.4. The molecule has 0 spiro atoms. The van der Waals surface area contributed by atoms with Crippen LogP contribution in [0.5, 0.6) is 0 Å². The Hall–Kier alpha value is -3.49. The van der Waals surface area contributed by atoms with Crippen LogP contribution in [-0.2, 0) is 28.2 Å². The maximum absolute atomic E-state index is 12.6. The SMILES string of the molecule is COCc1nc(C(C)(C)O)c(C(=O)OC)n1Cc1ccc(-c2ccccc2C(=O)O)cc1. The summed E-state index contributed by atoms with van der Waals surface area (Å²) < 4.78 is 11.9. The van der Waals surface area contributed by atoms with Gasteiger partial charge in [-0.2, -0.15) is 0 Å². The van der Waals surface area contributed by atoms with Gasteiger partial charge in [0.1, 0.15) is 23.7 Å². The molecule has 0 aliphatic carbocycles. The Bertz CT molecular complexity index is 1130.